The maximum atomic E-state index is 14.5. The Kier molecular flexibility index (Phi) is 11.9. The fourth-order valence-corrected chi connectivity index (χ4v) is 6.93. The number of nitrogens with one attached hydrogen (secondary N) is 1. The Labute approximate surface area is 274 Å². The maximum Gasteiger partial charge on any atom is 0.264 e. The molecule has 0 spiro atoms. The van der Waals surface area contributed by atoms with E-state index >= 15 is 0 Å². The molecule has 4 aromatic carbocycles. The van der Waals surface area contributed by atoms with E-state index in [4.69, 9.17) is 16.3 Å². The highest BCUT2D eigenvalue weighted by molar-refractivity contribution is 7.98. The van der Waals surface area contributed by atoms with E-state index in [-0.39, 0.29) is 36.1 Å². The van der Waals surface area contributed by atoms with Gasteiger partial charge in [-0.3, -0.25) is 13.9 Å². The number of nitrogens with zero attached hydrogens (tertiary/aromatic N) is 2. The molecule has 1 N–H and O–H groups in total. The van der Waals surface area contributed by atoms with Gasteiger partial charge in [-0.2, -0.15) is 0 Å². The molecule has 4 aromatic rings. The molecule has 1 unspecified atom stereocenters. The minimum Gasteiger partial charge on any atom is -0.492 e. The third kappa shape index (κ3) is 8.59. The second-order valence-electron chi connectivity index (χ2n) is 10.1. The van der Waals surface area contributed by atoms with Crippen LogP contribution in [0.1, 0.15) is 18.1 Å². The molecule has 0 aliphatic carbocycles. The number of carbonyl (C=O) groups is 2. The molecule has 0 aromatic heterocycles. The number of hydrogen-bond donors (Lipinski definition) is 1. The number of rotatable bonds is 14. The monoisotopic (exact) mass is 665 g/mol. The second kappa shape index (κ2) is 15.8. The zero-order valence-corrected chi connectivity index (χ0v) is 27.7. The first-order valence-corrected chi connectivity index (χ1v) is 17.4. The van der Waals surface area contributed by atoms with Crippen molar-refractivity contribution in [2.24, 2.45) is 0 Å². The third-order valence-corrected chi connectivity index (χ3v) is 9.87. The van der Waals surface area contributed by atoms with Gasteiger partial charge in [-0.15, -0.1) is 11.8 Å². The highest BCUT2D eigenvalue weighted by atomic mass is 35.5. The van der Waals surface area contributed by atoms with Crippen LogP contribution in [0.5, 0.6) is 5.75 Å². The first-order chi connectivity index (χ1) is 21.7. The summed E-state index contributed by atoms with van der Waals surface area (Å²) < 4.78 is 35.5. The van der Waals surface area contributed by atoms with Gasteiger partial charge in [0.1, 0.15) is 18.3 Å². The second-order valence-corrected chi connectivity index (χ2v) is 13.2. The lowest BCUT2D eigenvalue weighted by atomic mass is 10.0. The number of amides is 2. The van der Waals surface area contributed by atoms with E-state index in [9.17, 15) is 18.0 Å². The molecular formula is C34H36ClN3O5S2. The highest BCUT2D eigenvalue weighted by Gasteiger charge is 2.35. The SMILES string of the molecule is CCOc1ccccc1N(CC(=O)N(Cc1cccc(Cl)c1)C(Cc1ccccc1)C(=O)NC)S(=O)(=O)c1ccc(SC)cc1. The fraction of sp³-hybridized carbons (Fsp3) is 0.235. The zero-order chi connectivity index (χ0) is 32.4. The van der Waals surface area contributed by atoms with Crippen LogP contribution in [-0.2, 0) is 32.6 Å². The number of thioether (sulfide) groups is 1. The van der Waals surface area contributed by atoms with E-state index in [0.717, 1.165) is 14.8 Å². The highest BCUT2D eigenvalue weighted by Crippen LogP contribution is 2.33. The molecule has 45 heavy (non-hydrogen) atoms. The Morgan fingerprint density at radius 2 is 1.58 bits per heavy atom. The predicted octanol–water partition coefficient (Wildman–Crippen LogP) is 6.04. The summed E-state index contributed by atoms with van der Waals surface area (Å²) in [7, 11) is -2.75. The molecule has 236 valence electrons. The topological polar surface area (TPSA) is 96.0 Å². The quantitative estimate of drug-likeness (QED) is 0.165. The van der Waals surface area contributed by atoms with E-state index in [1.807, 2.05) is 42.7 Å². The van der Waals surface area contributed by atoms with Crippen molar-refractivity contribution in [1.82, 2.24) is 10.2 Å². The zero-order valence-electron chi connectivity index (χ0n) is 25.4. The van der Waals surface area contributed by atoms with E-state index in [1.54, 1.807) is 61.5 Å². The lowest BCUT2D eigenvalue weighted by molar-refractivity contribution is -0.139. The van der Waals surface area contributed by atoms with Crippen LogP contribution in [0.15, 0.2) is 113 Å². The van der Waals surface area contributed by atoms with Crippen molar-refractivity contribution in [2.45, 2.75) is 35.7 Å². The molecule has 11 heteroatoms. The molecule has 8 nitrogen and oxygen atoms in total. The summed E-state index contributed by atoms with van der Waals surface area (Å²) in [6, 6.07) is 28.6. The average Bonchev–Trinajstić information content (AvgIpc) is 3.05. The van der Waals surface area contributed by atoms with Gasteiger partial charge in [-0.05, 0) is 72.8 Å². The Balaban J connectivity index is 1.82. The van der Waals surface area contributed by atoms with Gasteiger partial charge in [0.15, 0.2) is 0 Å². The van der Waals surface area contributed by atoms with Crippen molar-refractivity contribution in [3.63, 3.8) is 0 Å². The van der Waals surface area contributed by atoms with Crippen LogP contribution in [0.4, 0.5) is 5.69 Å². The summed E-state index contributed by atoms with van der Waals surface area (Å²) in [5.74, 6) is -0.647. The summed E-state index contributed by atoms with van der Waals surface area (Å²) in [6.07, 6.45) is 2.12. The smallest absolute Gasteiger partial charge is 0.264 e. The molecule has 1 atom stereocenters. The number of likely N-dealkylation sites (N-methyl/N-ethyl adjacent to an activating group) is 1. The van der Waals surface area contributed by atoms with Gasteiger partial charge in [-0.25, -0.2) is 8.42 Å². The summed E-state index contributed by atoms with van der Waals surface area (Å²) in [6.45, 7) is 1.53. The third-order valence-electron chi connectivity index (χ3n) is 7.12. The minimum absolute atomic E-state index is 0.0212. The lowest BCUT2D eigenvalue weighted by Crippen LogP contribution is -2.53. The first kappa shape index (κ1) is 33.9. The number of hydrogen-bond acceptors (Lipinski definition) is 6. The number of halogens is 1. The van der Waals surface area contributed by atoms with E-state index in [2.05, 4.69) is 5.32 Å². The molecule has 0 radical (unpaired) electrons. The van der Waals surface area contributed by atoms with Gasteiger partial charge in [0.05, 0.1) is 17.2 Å². The Bertz CT molecular complexity index is 1700. The van der Waals surface area contributed by atoms with Crippen molar-refractivity contribution in [3.05, 3.63) is 119 Å². The number of para-hydroxylation sites is 2. The lowest BCUT2D eigenvalue weighted by Gasteiger charge is -2.34. The Morgan fingerprint density at radius 1 is 0.911 bits per heavy atom. The average molecular weight is 666 g/mol. The summed E-state index contributed by atoms with van der Waals surface area (Å²) >= 11 is 7.77. The molecular weight excluding hydrogens is 630 g/mol. The number of carbonyl (C=O) groups excluding carboxylic acids is 2. The van der Waals surface area contributed by atoms with E-state index < -0.39 is 28.5 Å². The van der Waals surface area contributed by atoms with Crippen LogP contribution in [-0.4, -0.2) is 57.6 Å². The van der Waals surface area contributed by atoms with Crippen LogP contribution in [0, 0.1) is 0 Å². The molecule has 4 rings (SSSR count). The molecule has 0 saturated carbocycles. The largest absolute Gasteiger partial charge is 0.492 e. The summed E-state index contributed by atoms with van der Waals surface area (Å²) in [5, 5.41) is 3.16. The number of sulfonamides is 1. The van der Waals surface area contributed by atoms with Crippen molar-refractivity contribution >= 4 is 50.9 Å². The number of ether oxygens (including phenoxy) is 1. The van der Waals surface area contributed by atoms with Crippen molar-refractivity contribution in [2.75, 3.05) is 30.8 Å². The number of anilines is 1. The van der Waals surface area contributed by atoms with E-state index in [1.165, 1.54) is 35.8 Å². The molecule has 0 aliphatic rings. The van der Waals surface area contributed by atoms with Gasteiger partial charge in [-0.1, -0.05) is 66.2 Å². The molecule has 0 aliphatic heterocycles. The standard InChI is InChI=1S/C34H36ClN3O5S2/c1-4-43-32-16-9-8-15-30(32)38(45(41,42)29-19-17-28(44-3)18-20-29)24-33(39)37(23-26-13-10-14-27(35)21-26)31(34(40)36-2)22-25-11-6-5-7-12-25/h5-21,31H,4,22-24H2,1-3H3,(H,36,40). The minimum atomic E-state index is -4.26. The predicted molar refractivity (Wildman–Crippen MR) is 180 cm³/mol. The van der Waals surface area contributed by atoms with Crippen molar-refractivity contribution in [1.29, 1.82) is 0 Å². The normalized spacial score (nSPS) is 11.8. The van der Waals surface area contributed by atoms with Crippen LogP contribution >= 0.6 is 23.4 Å². The van der Waals surface area contributed by atoms with E-state index in [0.29, 0.717) is 16.3 Å². The van der Waals surface area contributed by atoms with Gasteiger partial charge in [0.2, 0.25) is 11.8 Å². The van der Waals surface area contributed by atoms with Crippen LogP contribution < -0.4 is 14.4 Å². The maximum absolute atomic E-state index is 14.5. The fourth-order valence-electron chi connectivity index (χ4n) is 4.88. The molecule has 0 saturated heterocycles. The molecule has 2 amide bonds. The van der Waals surface area contributed by atoms with Crippen LogP contribution in [0.2, 0.25) is 5.02 Å². The molecule has 0 fully saturated rings. The molecule has 0 heterocycles. The van der Waals surface area contributed by atoms with Gasteiger partial charge >= 0.3 is 0 Å². The first-order valence-electron chi connectivity index (χ1n) is 14.4. The van der Waals surface area contributed by atoms with Crippen LogP contribution in [0.3, 0.4) is 0 Å². The Morgan fingerprint density at radius 3 is 2.22 bits per heavy atom. The summed E-state index contributed by atoms with van der Waals surface area (Å²) in [5.41, 5.74) is 1.74. The Hall–Kier alpha value is -3.99. The van der Waals surface area contributed by atoms with Gasteiger partial charge in [0.25, 0.3) is 10.0 Å². The van der Waals surface area contributed by atoms with Crippen molar-refractivity contribution < 1.29 is 22.7 Å². The van der Waals surface area contributed by atoms with Gasteiger partial charge < -0.3 is 15.0 Å². The van der Waals surface area contributed by atoms with Crippen LogP contribution in [0.25, 0.3) is 0 Å². The summed E-state index contributed by atoms with van der Waals surface area (Å²) in [4.78, 5) is 30.2. The molecule has 0 bridgehead atoms. The van der Waals surface area contributed by atoms with Gasteiger partial charge in [0, 0.05) is 29.9 Å². The number of benzene rings is 4. The van der Waals surface area contributed by atoms with Crippen molar-refractivity contribution in [3.8, 4) is 5.75 Å².